The summed E-state index contributed by atoms with van der Waals surface area (Å²) in [4.78, 5) is 36.6. The maximum atomic E-state index is 14.0. The van der Waals surface area contributed by atoms with E-state index in [0.717, 1.165) is 51.7 Å². The number of aromatic amines is 1. The van der Waals surface area contributed by atoms with Crippen LogP contribution in [-0.2, 0) is 23.8 Å². The minimum Gasteiger partial charge on any atom is -0.449 e. The number of ether oxygens (including phenoxy) is 3. The topological polar surface area (TPSA) is 111 Å². The second-order valence-electron chi connectivity index (χ2n) is 18.0. The summed E-state index contributed by atoms with van der Waals surface area (Å²) >= 11 is 0. The van der Waals surface area contributed by atoms with Crippen LogP contribution in [0.2, 0.25) is 0 Å². The minimum atomic E-state index is -1.13. The molecule has 4 fully saturated rings. The van der Waals surface area contributed by atoms with E-state index in [2.05, 4.69) is 73.0 Å². The van der Waals surface area contributed by atoms with Crippen LogP contribution in [0, 0.1) is 34.5 Å². The highest BCUT2D eigenvalue weighted by Crippen LogP contribution is 2.68. The number of benzene rings is 3. The molecule has 0 radical (unpaired) electrons. The van der Waals surface area contributed by atoms with Crippen molar-refractivity contribution >= 4 is 23.0 Å². The van der Waals surface area contributed by atoms with Crippen molar-refractivity contribution in [1.29, 1.82) is 0 Å². The molecular formula is C48H53N3O6. The zero-order chi connectivity index (χ0) is 38.9. The Labute approximate surface area is 334 Å². The van der Waals surface area contributed by atoms with Crippen molar-refractivity contribution in [3.05, 3.63) is 119 Å². The number of allylic oxidation sites excluding steroid dienone is 3. The van der Waals surface area contributed by atoms with Crippen LogP contribution in [-0.4, -0.2) is 42.7 Å². The Bertz CT molecular complexity index is 2210. The molecule has 3 aromatic carbocycles. The van der Waals surface area contributed by atoms with Crippen molar-refractivity contribution in [3.8, 4) is 11.1 Å². The summed E-state index contributed by atoms with van der Waals surface area (Å²) in [5.41, 5.74) is 11.4. The van der Waals surface area contributed by atoms with Gasteiger partial charge in [-0.2, -0.15) is 0 Å². The second kappa shape index (κ2) is 13.9. The van der Waals surface area contributed by atoms with Crippen molar-refractivity contribution in [1.82, 2.24) is 15.8 Å². The molecule has 1 aliphatic heterocycles. The van der Waals surface area contributed by atoms with Gasteiger partial charge in [0.15, 0.2) is 11.8 Å². The highest BCUT2D eigenvalue weighted by molar-refractivity contribution is 5.87. The molecule has 9 heteroatoms. The van der Waals surface area contributed by atoms with Gasteiger partial charge in [0.2, 0.25) is 0 Å². The third-order valence-corrected chi connectivity index (χ3v) is 15.3. The fourth-order valence-corrected chi connectivity index (χ4v) is 12.5. The number of hydrogen-bond donors (Lipinski definition) is 3. The van der Waals surface area contributed by atoms with Gasteiger partial charge in [-0.25, -0.2) is 15.1 Å². The molecule has 10 rings (SSSR count). The predicted molar refractivity (Wildman–Crippen MR) is 217 cm³/mol. The first-order valence-corrected chi connectivity index (χ1v) is 21.0. The largest absolute Gasteiger partial charge is 0.449 e. The molecule has 1 saturated heterocycles. The van der Waals surface area contributed by atoms with Crippen LogP contribution in [0.1, 0.15) is 94.5 Å². The third kappa shape index (κ3) is 6.03. The molecule has 6 aliphatic rings. The Kier molecular flexibility index (Phi) is 8.90. The highest BCUT2D eigenvalue weighted by Gasteiger charge is 2.63. The molecule has 3 N–H and O–H groups in total. The number of fused-ring (bicyclic) bond motifs is 9. The van der Waals surface area contributed by atoms with Gasteiger partial charge in [0, 0.05) is 17.4 Å². The van der Waals surface area contributed by atoms with Crippen LogP contribution in [0.3, 0.4) is 0 Å². The van der Waals surface area contributed by atoms with Crippen LogP contribution >= 0.6 is 0 Å². The number of hydroxylamine groups is 1. The highest BCUT2D eigenvalue weighted by atomic mass is 16.7. The van der Waals surface area contributed by atoms with E-state index in [4.69, 9.17) is 19.0 Å². The summed E-state index contributed by atoms with van der Waals surface area (Å²) in [6, 6.07) is 24.9. The van der Waals surface area contributed by atoms with Crippen LogP contribution in [0.15, 0.2) is 102 Å². The van der Waals surface area contributed by atoms with Crippen LogP contribution in [0.25, 0.3) is 22.0 Å². The van der Waals surface area contributed by atoms with Crippen LogP contribution < -0.4 is 10.8 Å². The molecule has 7 atom stereocenters. The number of carbonyl (C=O) groups excluding carboxylic acids is 2. The molecule has 1 amide bonds. The molecule has 296 valence electrons. The van der Waals surface area contributed by atoms with Gasteiger partial charge in [-0.15, -0.1) is 0 Å². The molecule has 1 aromatic heterocycles. The Morgan fingerprint density at radius 1 is 0.877 bits per heavy atom. The van der Waals surface area contributed by atoms with Gasteiger partial charge in [-0.3, -0.25) is 0 Å². The first kappa shape index (κ1) is 36.5. The predicted octanol–water partition coefficient (Wildman–Crippen LogP) is 9.63. The van der Waals surface area contributed by atoms with Crippen molar-refractivity contribution in [2.45, 2.75) is 83.5 Å². The van der Waals surface area contributed by atoms with Crippen molar-refractivity contribution in [3.63, 3.8) is 0 Å². The first-order valence-electron chi connectivity index (χ1n) is 21.0. The van der Waals surface area contributed by atoms with E-state index in [1.807, 2.05) is 54.6 Å². The molecule has 2 heterocycles. The SMILES string of the molecule is CC1([C@H]2CCC3C4CCC5=CC(NOC(=O)[C@@H](NC(=O)OCC6c7ccccc7-c7ccccc76)c6cc7ccccc7[nH]6)=CC[C@]5(C)C4CC[C@@]32C)OCCO1. The number of para-hydroxylation sites is 1. The van der Waals surface area contributed by atoms with E-state index in [1.165, 1.54) is 37.7 Å². The summed E-state index contributed by atoms with van der Waals surface area (Å²) in [6.07, 6.45) is 11.6. The summed E-state index contributed by atoms with van der Waals surface area (Å²) in [6.45, 7) is 8.69. The smallest absolute Gasteiger partial charge is 0.408 e. The van der Waals surface area contributed by atoms with Crippen molar-refractivity contribution < 1.29 is 28.6 Å². The maximum Gasteiger partial charge on any atom is 0.408 e. The average Bonchev–Trinajstić information content (AvgIpc) is 4.01. The zero-order valence-corrected chi connectivity index (χ0v) is 33.1. The Hall–Kier alpha value is -4.86. The summed E-state index contributed by atoms with van der Waals surface area (Å²) in [5.74, 6) is 1.21. The van der Waals surface area contributed by atoms with Gasteiger partial charge in [-0.1, -0.05) is 92.2 Å². The maximum absolute atomic E-state index is 14.0. The van der Waals surface area contributed by atoms with E-state index in [1.54, 1.807) is 0 Å². The van der Waals surface area contributed by atoms with E-state index >= 15 is 0 Å². The van der Waals surface area contributed by atoms with Crippen molar-refractivity contribution in [2.75, 3.05) is 19.8 Å². The van der Waals surface area contributed by atoms with Gasteiger partial charge < -0.3 is 29.3 Å². The number of amides is 1. The normalized spacial score (nSPS) is 30.2. The Morgan fingerprint density at radius 3 is 2.35 bits per heavy atom. The quantitative estimate of drug-likeness (QED) is 0.153. The fraction of sp³-hybridized carbons (Fsp3) is 0.458. The summed E-state index contributed by atoms with van der Waals surface area (Å²) in [7, 11) is 0. The second-order valence-corrected chi connectivity index (χ2v) is 18.0. The molecule has 0 spiro atoms. The lowest BCUT2D eigenvalue weighted by molar-refractivity contribution is -0.214. The van der Waals surface area contributed by atoms with Crippen LogP contribution in [0.5, 0.6) is 0 Å². The molecule has 9 nitrogen and oxygen atoms in total. The average molecular weight is 768 g/mol. The molecule has 0 bridgehead atoms. The summed E-state index contributed by atoms with van der Waals surface area (Å²) in [5, 5.41) is 3.75. The van der Waals surface area contributed by atoms with E-state index in [-0.39, 0.29) is 23.4 Å². The number of alkyl carbamates (subject to hydrolysis) is 1. The van der Waals surface area contributed by atoms with Gasteiger partial charge in [-0.05, 0) is 126 Å². The number of H-pyrrole nitrogens is 1. The standard InChI is InChI=1S/C48H53N3O6/c1-46-22-20-31(27-30(46)16-17-36-38-18-19-42(48(3)55-24-25-56-48)47(38,2)23-21-39(36)46)51-57-44(52)43(41-26-29-10-4-9-15-40(29)49-41)50-45(53)54-28-37-34-13-7-5-11-32(34)33-12-6-8-14-35(33)37/h4-15,20,26-27,36-39,42-43,49,51H,16-19,21-25,28H2,1-3H3,(H,50,53)/t36?,38?,39?,42-,43-,46-,47-/m0/s1. The van der Waals surface area contributed by atoms with E-state index in [0.29, 0.717) is 42.6 Å². The lowest BCUT2D eigenvalue weighted by atomic mass is 9.47. The van der Waals surface area contributed by atoms with Gasteiger partial charge in [0.1, 0.15) is 6.61 Å². The monoisotopic (exact) mass is 767 g/mol. The van der Waals surface area contributed by atoms with Crippen molar-refractivity contribution in [2.24, 2.45) is 34.5 Å². The summed E-state index contributed by atoms with van der Waals surface area (Å²) < 4.78 is 18.4. The Morgan fingerprint density at radius 2 is 1.60 bits per heavy atom. The molecule has 5 aliphatic carbocycles. The zero-order valence-electron chi connectivity index (χ0n) is 33.1. The fourth-order valence-electron chi connectivity index (χ4n) is 12.5. The molecular weight excluding hydrogens is 715 g/mol. The molecule has 4 aromatic rings. The van der Waals surface area contributed by atoms with Gasteiger partial charge in [0.05, 0.1) is 24.6 Å². The number of nitrogens with one attached hydrogen (secondary N) is 3. The van der Waals surface area contributed by atoms with E-state index < -0.39 is 23.9 Å². The lowest BCUT2D eigenvalue weighted by Gasteiger charge is -2.58. The van der Waals surface area contributed by atoms with Crippen LogP contribution in [0.4, 0.5) is 4.79 Å². The molecule has 3 saturated carbocycles. The number of carbonyl (C=O) groups is 2. The number of rotatable bonds is 8. The number of aromatic nitrogens is 1. The first-order chi connectivity index (χ1) is 27.6. The number of hydrogen-bond acceptors (Lipinski definition) is 7. The lowest BCUT2D eigenvalue weighted by Crippen LogP contribution is -2.53. The minimum absolute atomic E-state index is 0.0698. The van der Waals surface area contributed by atoms with Gasteiger partial charge in [0.25, 0.3) is 0 Å². The van der Waals surface area contributed by atoms with E-state index in [9.17, 15) is 9.59 Å². The molecule has 3 unspecified atom stereocenters. The Balaban J connectivity index is 0.820. The van der Waals surface area contributed by atoms with Gasteiger partial charge >= 0.3 is 12.1 Å². The third-order valence-electron chi connectivity index (χ3n) is 15.3. The molecule has 57 heavy (non-hydrogen) atoms.